The molecule has 1 aliphatic heterocycles. The molecule has 0 bridgehead atoms. The first-order chi connectivity index (χ1) is 10.8. The average molecular weight is 314 g/mol. The number of aromatic nitrogens is 2. The second-order valence-corrected chi connectivity index (χ2v) is 6.85. The molecule has 5 nitrogen and oxygen atoms in total. The Balaban J connectivity index is 1.85. The zero-order chi connectivity index (χ0) is 16.7. The molecule has 2 heterocycles. The van der Waals surface area contributed by atoms with Crippen molar-refractivity contribution in [2.24, 2.45) is 0 Å². The predicted octanol–water partition coefficient (Wildman–Crippen LogP) is 2.24. The minimum atomic E-state index is -0.481. The third-order valence-electron chi connectivity index (χ3n) is 4.63. The molecule has 1 aliphatic rings. The smallest absolute Gasteiger partial charge is 0.468 e. The molecule has 1 aromatic carbocycles. The van der Waals surface area contributed by atoms with Crippen LogP contribution in [0.1, 0.15) is 33.3 Å². The van der Waals surface area contributed by atoms with E-state index in [2.05, 4.69) is 17.1 Å². The minimum Gasteiger partial charge on any atom is -0.468 e. The van der Waals surface area contributed by atoms with Crippen molar-refractivity contribution in [1.82, 2.24) is 9.55 Å². The highest BCUT2D eigenvalue weighted by Gasteiger charge is 2.52. The second kappa shape index (κ2) is 5.69. The SMILES string of the molecule is COc1nc(B2OC(C)(C)C(C)(C)O2)cn1Cc1ccccc1. The van der Waals surface area contributed by atoms with Crippen molar-refractivity contribution in [3.63, 3.8) is 0 Å². The number of benzene rings is 1. The van der Waals surface area contributed by atoms with Gasteiger partial charge in [0.15, 0.2) is 0 Å². The first-order valence-corrected chi connectivity index (χ1v) is 7.83. The molecule has 122 valence electrons. The summed E-state index contributed by atoms with van der Waals surface area (Å²) in [6.07, 6.45) is 1.94. The second-order valence-electron chi connectivity index (χ2n) is 6.85. The summed E-state index contributed by atoms with van der Waals surface area (Å²) in [6, 6.07) is 10.8. The fourth-order valence-electron chi connectivity index (χ4n) is 2.55. The van der Waals surface area contributed by atoms with Gasteiger partial charge in [0.25, 0.3) is 6.01 Å². The normalized spacial score (nSPS) is 19.1. The molecule has 2 aromatic rings. The van der Waals surface area contributed by atoms with Crippen LogP contribution in [-0.2, 0) is 15.9 Å². The van der Waals surface area contributed by atoms with Crippen molar-refractivity contribution in [3.05, 3.63) is 42.1 Å². The summed E-state index contributed by atoms with van der Waals surface area (Å²) < 4.78 is 19.5. The highest BCUT2D eigenvalue weighted by atomic mass is 16.7. The van der Waals surface area contributed by atoms with Crippen LogP contribution in [0.4, 0.5) is 0 Å². The van der Waals surface area contributed by atoms with Crippen molar-refractivity contribution in [2.75, 3.05) is 7.11 Å². The minimum absolute atomic E-state index is 0.381. The molecule has 0 spiro atoms. The number of nitrogens with zero attached hydrogens (tertiary/aromatic N) is 2. The van der Waals surface area contributed by atoms with Crippen LogP contribution in [0.5, 0.6) is 6.01 Å². The van der Waals surface area contributed by atoms with Crippen molar-refractivity contribution >= 4 is 12.7 Å². The Morgan fingerprint density at radius 3 is 2.26 bits per heavy atom. The number of methoxy groups -OCH3 is 1. The third-order valence-corrected chi connectivity index (χ3v) is 4.63. The number of imidazole rings is 1. The maximum atomic E-state index is 6.06. The largest absolute Gasteiger partial charge is 0.516 e. The maximum Gasteiger partial charge on any atom is 0.516 e. The van der Waals surface area contributed by atoms with Gasteiger partial charge in [0.1, 0.15) is 0 Å². The summed E-state index contributed by atoms with van der Waals surface area (Å²) in [5.74, 6) is 0. The van der Waals surface area contributed by atoms with E-state index in [9.17, 15) is 0 Å². The van der Waals surface area contributed by atoms with Gasteiger partial charge in [-0.3, -0.25) is 4.57 Å². The Hall–Kier alpha value is -1.79. The molecule has 1 fully saturated rings. The van der Waals surface area contributed by atoms with E-state index >= 15 is 0 Å². The van der Waals surface area contributed by atoms with E-state index in [4.69, 9.17) is 14.0 Å². The zero-order valence-corrected chi connectivity index (χ0v) is 14.4. The molecule has 6 heteroatoms. The predicted molar refractivity (Wildman–Crippen MR) is 90.0 cm³/mol. The van der Waals surface area contributed by atoms with Gasteiger partial charge in [-0.1, -0.05) is 30.3 Å². The lowest BCUT2D eigenvalue weighted by molar-refractivity contribution is 0.00578. The van der Waals surface area contributed by atoms with E-state index in [1.54, 1.807) is 7.11 Å². The molecule has 23 heavy (non-hydrogen) atoms. The van der Waals surface area contributed by atoms with E-state index in [0.29, 0.717) is 12.6 Å². The highest BCUT2D eigenvalue weighted by Crippen LogP contribution is 2.36. The molecule has 0 saturated carbocycles. The van der Waals surface area contributed by atoms with Gasteiger partial charge in [-0.25, -0.2) is 4.98 Å². The van der Waals surface area contributed by atoms with Gasteiger partial charge in [0, 0.05) is 6.20 Å². The Morgan fingerprint density at radius 2 is 1.70 bits per heavy atom. The Bertz CT molecular complexity index is 666. The molecule has 0 amide bonds. The van der Waals surface area contributed by atoms with Crippen LogP contribution in [0.15, 0.2) is 36.5 Å². The van der Waals surface area contributed by atoms with E-state index < -0.39 is 7.12 Å². The molecule has 0 atom stereocenters. The molecular weight excluding hydrogens is 291 g/mol. The lowest BCUT2D eigenvalue weighted by Crippen LogP contribution is -2.41. The van der Waals surface area contributed by atoms with Crippen LogP contribution in [0.2, 0.25) is 0 Å². The fraction of sp³-hybridized carbons (Fsp3) is 0.471. The molecule has 1 saturated heterocycles. The van der Waals surface area contributed by atoms with Gasteiger partial charge in [-0.2, -0.15) is 0 Å². The summed E-state index contributed by atoms with van der Waals surface area (Å²) in [6.45, 7) is 8.82. The topological polar surface area (TPSA) is 45.5 Å². The maximum absolute atomic E-state index is 6.06. The van der Waals surface area contributed by atoms with E-state index in [0.717, 1.165) is 5.59 Å². The Labute approximate surface area is 137 Å². The quantitative estimate of drug-likeness (QED) is 0.812. The number of ether oxygens (including phenoxy) is 1. The summed E-state index contributed by atoms with van der Waals surface area (Å²) in [7, 11) is 1.14. The van der Waals surface area contributed by atoms with Crippen LogP contribution in [0.25, 0.3) is 0 Å². The molecular formula is C17H23BN2O3. The monoisotopic (exact) mass is 314 g/mol. The summed E-state index contributed by atoms with van der Waals surface area (Å²) >= 11 is 0. The van der Waals surface area contributed by atoms with Crippen molar-refractivity contribution < 1.29 is 14.0 Å². The van der Waals surface area contributed by atoms with E-state index in [1.807, 2.05) is 56.7 Å². The van der Waals surface area contributed by atoms with Gasteiger partial charge < -0.3 is 14.0 Å². The summed E-state index contributed by atoms with van der Waals surface area (Å²) in [5, 5.41) is 0. The number of hydrogen-bond acceptors (Lipinski definition) is 4. The molecule has 0 unspecified atom stereocenters. The fourth-order valence-corrected chi connectivity index (χ4v) is 2.55. The lowest BCUT2D eigenvalue weighted by atomic mass is 9.86. The molecule has 1 aromatic heterocycles. The van der Waals surface area contributed by atoms with Crippen molar-refractivity contribution in [1.29, 1.82) is 0 Å². The summed E-state index contributed by atoms with van der Waals surface area (Å²) in [4.78, 5) is 4.53. The van der Waals surface area contributed by atoms with E-state index in [-0.39, 0.29) is 11.2 Å². The average Bonchev–Trinajstić information content (AvgIpc) is 2.98. The first-order valence-electron chi connectivity index (χ1n) is 7.83. The molecule has 0 N–H and O–H groups in total. The summed E-state index contributed by atoms with van der Waals surface area (Å²) in [5.41, 5.74) is 1.16. The van der Waals surface area contributed by atoms with Crippen LogP contribution >= 0.6 is 0 Å². The lowest BCUT2D eigenvalue weighted by Gasteiger charge is -2.32. The van der Waals surface area contributed by atoms with Crippen LogP contribution in [0.3, 0.4) is 0 Å². The van der Waals surface area contributed by atoms with Gasteiger partial charge >= 0.3 is 7.12 Å². The standard InChI is InChI=1S/C17H23BN2O3/c1-16(2)17(3,4)23-18(22-16)14-12-20(15(19-14)21-5)11-13-9-7-6-8-10-13/h6-10,12H,11H2,1-5H3. The number of rotatable bonds is 4. The van der Waals surface area contributed by atoms with Crippen molar-refractivity contribution in [2.45, 2.75) is 45.4 Å². The number of hydrogen-bond donors (Lipinski definition) is 0. The van der Waals surface area contributed by atoms with Crippen molar-refractivity contribution in [3.8, 4) is 6.01 Å². The molecule has 3 rings (SSSR count). The van der Waals surface area contributed by atoms with Gasteiger partial charge in [0.05, 0.1) is 30.4 Å². The zero-order valence-electron chi connectivity index (χ0n) is 14.4. The Kier molecular flexibility index (Phi) is 3.98. The van der Waals surface area contributed by atoms with E-state index in [1.165, 1.54) is 5.56 Å². The third kappa shape index (κ3) is 3.01. The van der Waals surface area contributed by atoms with Gasteiger partial charge in [-0.05, 0) is 33.3 Å². The molecule has 0 aliphatic carbocycles. The van der Waals surface area contributed by atoms with Crippen LogP contribution in [-0.4, -0.2) is 35.0 Å². The molecule has 0 radical (unpaired) electrons. The van der Waals surface area contributed by atoms with Gasteiger partial charge in [0.2, 0.25) is 0 Å². The van der Waals surface area contributed by atoms with Crippen LogP contribution < -0.4 is 10.3 Å². The van der Waals surface area contributed by atoms with Crippen LogP contribution in [0, 0.1) is 0 Å². The highest BCUT2D eigenvalue weighted by molar-refractivity contribution is 6.61. The first kappa shape index (κ1) is 16.1. The Morgan fingerprint density at radius 1 is 1.09 bits per heavy atom. The van der Waals surface area contributed by atoms with Gasteiger partial charge in [-0.15, -0.1) is 0 Å².